The quantitative estimate of drug-likeness (QED) is 0.693. The molecule has 1 amide bonds. The van der Waals surface area contributed by atoms with Gasteiger partial charge in [-0.15, -0.1) is 11.8 Å². The molecule has 1 heterocycles. The normalized spacial score (nSPS) is 15.0. The van der Waals surface area contributed by atoms with E-state index in [0.717, 1.165) is 16.2 Å². The fraction of sp³-hybridized carbons (Fsp3) is 0.318. The summed E-state index contributed by atoms with van der Waals surface area (Å²) in [5.41, 5.74) is 1.30. The van der Waals surface area contributed by atoms with Crippen molar-refractivity contribution >= 4 is 23.5 Å². The molecule has 0 saturated carbocycles. The number of likely N-dealkylation sites (tertiary alicyclic amines) is 1. The van der Waals surface area contributed by atoms with E-state index in [2.05, 4.69) is 13.0 Å². The first-order valence-electron chi connectivity index (χ1n) is 9.30. The van der Waals surface area contributed by atoms with E-state index in [1.54, 1.807) is 40.9 Å². The Labute approximate surface area is 169 Å². The molecule has 0 N–H and O–H groups in total. The average molecular weight is 394 g/mol. The Morgan fingerprint density at radius 1 is 1.14 bits per heavy atom. The summed E-state index contributed by atoms with van der Waals surface area (Å²) in [6.07, 6.45) is -0.00942. The van der Waals surface area contributed by atoms with Crippen molar-refractivity contribution < 1.29 is 14.3 Å². The molecule has 5 nitrogen and oxygen atoms in total. The molecule has 28 heavy (non-hydrogen) atoms. The van der Waals surface area contributed by atoms with Crippen molar-refractivity contribution in [3.05, 3.63) is 59.7 Å². The molecule has 1 unspecified atom stereocenters. The number of Topliss-reactive ketones (excluding diaryl/α,β-unsaturated/α-hetero) is 1. The molecule has 1 saturated heterocycles. The molecule has 1 fully saturated rings. The third-order valence-electron chi connectivity index (χ3n) is 4.59. The lowest BCUT2D eigenvalue weighted by molar-refractivity contribution is -0.141. The van der Waals surface area contributed by atoms with Crippen LogP contribution >= 0.6 is 11.8 Å². The molecule has 0 bridgehead atoms. The molecule has 1 atom stereocenters. The number of benzene rings is 2. The van der Waals surface area contributed by atoms with Gasteiger partial charge >= 0.3 is 0 Å². The Hall–Kier alpha value is -2.78. The fourth-order valence-corrected chi connectivity index (χ4v) is 3.71. The molecular formula is C22H22N2O3S. The number of thioether (sulfide) groups is 1. The lowest BCUT2D eigenvalue weighted by Gasteiger charge is -2.30. The van der Waals surface area contributed by atoms with E-state index >= 15 is 0 Å². The molecule has 3 rings (SSSR count). The first-order valence-corrected chi connectivity index (χ1v) is 10.3. The van der Waals surface area contributed by atoms with Gasteiger partial charge in [0.2, 0.25) is 6.10 Å². The summed E-state index contributed by atoms with van der Waals surface area (Å²) in [6, 6.07) is 16.6. The van der Waals surface area contributed by atoms with Gasteiger partial charge in [-0.25, -0.2) is 0 Å². The Balaban J connectivity index is 1.84. The van der Waals surface area contributed by atoms with Crippen LogP contribution in [-0.4, -0.2) is 35.4 Å². The van der Waals surface area contributed by atoms with Crippen molar-refractivity contribution in [2.75, 3.05) is 18.8 Å². The van der Waals surface area contributed by atoms with Crippen molar-refractivity contribution in [3.8, 4) is 11.8 Å². The summed E-state index contributed by atoms with van der Waals surface area (Å²) in [6.45, 7) is 2.94. The van der Waals surface area contributed by atoms with Gasteiger partial charge in [0, 0.05) is 36.4 Å². The van der Waals surface area contributed by atoms with Crippen LogP contribution in [0.1, 0.15) is 37.0 Å². The summed E-state index contributed by atoms with van der Waals surface area (Å²) >= 11 is 1.74. The number of carbonyl (C=O) groups excluding carboxylic acids is 2. The molecule has 1 aliphatic rings. The minimum atomic E-state index is -0.790. The predicted octanol–water partition coefficient (Wildman–Crippen LogP) is 3.98. The second-order valence-corrected chi connectivity index (χ2v) is 7.84. The minimum absolute atomic E-state index is 0.146. The van der Waals surface area contributed by atoms with Crippen molar-refractivity contribution in [1.29, 1.82) is 5.26 Å². The standard InChI is InChI=1S/C22H22N2O3S/c1-2-28-20-9-5-17(6-10-20)21(22(26)24-13-11-18(25)12-14-24)27-19-7-3-16(15-23)4-8-19/h3-10,21H,2,11-14H2,1H3. The van der Waals surface area contributed by atoms with Crippen LogP contribution in [-0.2, 0) is 9.59 Å². The van der Waals surface area contributed by atoms with Gasteiger partial charge in [-0.2, -0.15) is 5.26 Å². The first kappa shape index (κ1) is 20.0. The minimum Gasteiger partial charge on any atom is -0.476 e. The van der Waals surface area contributed by atoms with Crippen LogP contribution in [0.2, 0.25) is 0 Å². The summed E-state index contributed by atoms with van der Waals surface area (Å²) in [5, 5.41) is 8.96. The SMILES string of the molecule is CCSc1ccc(C(Oc2ccc(C#N)cc2)C(=O)N2CCC(=O)CC2)cc1. The van der Waals surface area contributed by atoms with Crippen LogP contribution in [0.5, 0.6) is 5.75 Å². The third kappa shape index (κ3) is 4.93. The van der Waals surface area contributed by atoms with E-state index in [4.69, 9.17) is 10.00 Å². The molecule has 0 aliphatic carbocycles. The second kappa shape index (κ2) is 9.43. The third-order valence-corrected chi connectivity index (χ3v) is 5.48. The van der Waals surface area contributed by atoms with Gasteiger partial charge < -0.3 is 9.64 Å². The predicted molar refractivity (Wildman–Crippen MR) is 108 cm³/mol. The number of hydrogen-bond donors (Lipinski definition) is 0. The Morgan fingerprint density at radius 3 is 2.36 bits per heavy atom. The highest BCUT2D eigenvalue weighted by Crippen LogP contribution is 2.27. The number of amides is 1. The summed E-state index contributed by atoms with van der Waals surface area (Å²) < 4.78 is 6.05. The number of rotatable bonds is 6. The van der Waals surface area contributed by atoms with Crippen LogP contribution in [0, 0.1) is 11.3 Å². The highest BCUT2D eigenvalue weighted by molar-refractivity contribution is 7.99. The van der Waals surface area contributed by atoms with Gasteiger partial charge in [0.25, 0.3) is 5.91 Å². The largest absolute Gasteiger partial charge is 0.476 e. The summed E-state index contributed by atoms with van der Waals surface area (Å²) in [7, 11) is 0. The highest BCUT2D eigenvalue weighted by Gasteiger charge is 2.30. The van der Waals surface area contributed by atoms with Crippen molar-refractivity contribution in [2.45, 2.75) is 30.8 Å². The molecule has 0 aromatic heterocycles. The second-order valence-electron chi connectivity index (χ2n) is 6.50. The molecule has 0 radical (unpaired) electrons. The van der Waals surface area contributed by atoms with Gasteiger partial charge in [-0.1, -0.05) is 19.1 Å². The number of piperidine rings is 1. The van der Waals surface area contributed by atoms with Crippen LogP contribution in [0.25, 0.3) is 0 Å². The Bertz CT molecular complexity index is 862. The maximum Gasteiger partial charge on any atom is 0.268 e. The summed E-state index contributed by atoms with van der Waals surface area (Å²) in [5.74, 6) is 1.55. The molecule has 2 aromatic carbocycles. The van der Waals surface area contributed by atoms with Gasteiger partial charge in [-0.3, -0.25) is 9.59 Å². The van der Waals surface area contributed by atoms with Crippen LogP contribution in [0.15, 0.2) is 53.4 Å². The van der Waals surface area contributed by atoms with E-state index in [9.17, 15) is 9.59 Å². The number of nitriles is 1. The van der Waals surface area contributed by atoms with Crippen molar-refractivity contribution in [1.82, 2.24) is 4.90 Å². The van der Waals surface area contributed by atoms with Crippen molar-refractivity contribution in [2.24, 2.45) is 0 Å². The van der Waals surface area contributed by atoms with Gasteiger partial charge in [0.15, 0.2) is 0 Å². The first-order chi connectivity index (χ1) is 13.6. The maximum absolute atomic E-state index is 13.2. The lowest BCUT2D eigenvalue weighted by atomic mass is 10.0. The van der Waals surface area contributed by atoms with Crippen molar-refractivity contribution in [3.63, 3.8) is 0 Å². The number of hydrogen-bond acceptors (Lipinski definition) is 5. The monoisotopic (exact) mass is 394 g/mol. The number of ketones is 1. The zero-order valence-electron chi connectivity index (χ0n) is 15.8. The molecule has 144 valence electrons. The Morgan fingerprint density at radius 2 is 1.79 bits per heavy atom. The van der Waals surface area contributed by atoms with E-state index in [0.29, 0.717) is 37.2 Å². The van der Waals surface area contributed by atoms with E-state index in [-0.39, 0.29) is 11.7 Å². The van der Waals surface area contributed by atoms with Crippen LogP contribution in [0.3, 0.4) is 0 Å². The molecule has 0 spiro atoms. The maximum atomic E-state index is 13.2. The smallest absolute Gasteiger partial charge is 0.268 e. The Kier molecular flexibility index (Phi) is 6.72. The number of ether oxygens (including phenoxy) is 1. The van der Waals surface area contributed by atoms with Crippen LogP contribution in [0.4, 0.5) is 0 Å². The number of carbonyl (C=O) groups is 2. The molecule has 2 aromatic rings. The zero-order chi connectivity index (χ0) is 19.9. The number of nitrogens with zero attached hydrogens (tertiary/aromatic N) is 2. The lowest BCUT2D eigenvalue weighted by Crippen LogP contribution is -2.42. The molecule has 1 aliphatic heterocycles. The zero-order valence-corrected chi connectivity index (χ0v) is 16.6. The topological polar surface area (TPSA) is 70.4 Å². The highest BCUT2D eigenvalue weighted by atomic mass is 32.2. The van der Waals surface area contributed by atoms with E-state index in [1.165, 1.54) is 0 Å². The van der Waals surface area contributed by atoms with Gasteiger partial charge in [-0.05, 0) is 42.2 Å². The fourth-order valence-electron chi connectivity index (χ4n) is 3.05. The van der Waals surface area contributed by atoms with E-state index < -0.39 is 6.10 Å². The molecular weight excluding hydrogens is 372 g/mol. The molecule has 6 heteroatoms. The van der Waals surface area contributed by atoms with E-state index in [1.807, 2.05) is 24.3 Å². The summed E-state index contributed by atoms with van der Waals surface area (Å²) in [4.78, 5) is 27.5. The van der Waals surface area contributed by atoms with Gasteiger partial charge in [0.1, 0.15) is 11.5 Å². The van der Waals surface area contributed by atoms with Gasteiger partial charge in [0.05, 0.1) is 11.6 Å². The van der Waals surface area contributed by atoms with Crippen LogP contribution < -0.4 is 4.74 Å². The average Bonchev–Trinajstić information content (AvgIpc) is 2.73.